The van der Waals surface area contributed by atoms with Crippen LogP contribution in [0.1, 0.15) is 36.1 Å². The van der Waals surface area contributed by atoms with Crippen LogP contribution in [-0.2, 0) is 16.0 Å². The topological polar surface area (TPSA) is 79.5 Å². The van der Waals surface area contributed by atoms with E-state index >= 15 is 0 Å². The van der Waals surface area contributed by atoms with Crippen LogP contribution in [0.2, 0.25) is 5.02 Å². The molecule has 9 heteroatoms. The van der Waals surface area contributed by atoms with Gasteiger partial charge in [-0.15, -0.1) is 17.9 Å². The predicted octanol–water partition coefficient (Wildman–Crippen LogP) is 4.76. The van der Waals surface area contributed by atoms with Crippen LogP contribution in [0, 0.1) is 0 Å². The van der Waals surface area contributed by atoms with Crippen molar-refractivity contribution in [2.24, 2.45) is 0 Å². The minimum Gasteiger partial charge on any atom is -0.337 e. The average molecular weight is 485 g/mol. The van der Waals surface area contributed by atoms with Crippen LogP contribution in [0.15, 0.2) is 59.0 Å². The van der Waals surface area contributed by atoms with Gasteiger partial charge >= 0.3 is 0 Å². The molecule has 1 saturated heterocycles. The summed E-state index contributed by atoms with van der Waals surface area (Å²) in [6.45, 7) is 4.63. The molecule has 0 spiro atoms. The fraction of sp³-hybridized carbons (Fsp3) is 0.333. The maximum absolute atomic E-state index is 13.3. The molecule has 3 heterocycles. The summed E-state index contributed by atoms with van der Waals surface area (Å²) >= 11 is 7.61. The summed E-state index contributed by atoms with van der Waals surface area (Å²) in [6.07, 6.45) is 4.49. The zero-order valence-electron chi connectivity index (χ0n) is 18.2. The lowest BCUT2D eigenvalue weighted by Gasteiger charge is -2.35. The molecule has 1 atom stereocenters. The maximum atomic E-state index is 13.3. The lowest BCUT2D eigenvalue weighted by molar-refractivity contribution is -0.142. The lowest BCUT2D eigenvalue weighted by Crippen LogP contribution is -2.46. The molecule has 1 unspecified atom stereocenters. The van der Waals surface area contributed by atoms with Gasteiger partial charge in [0.2, 0.25) is 23.5 Å². The summed E-state index contributed by atoms with van der Waals surface area (Å²) < 4.78 is 5.56. The van der Waals surface area contributed by atoms with Crippen LogP contribution >= 0.6 is 22.9 Å². The number of hydrogen-bond acceptors (Lipinski definition) is 6. The van der Waals surface area contributed by atoms with Gasteiger partial charge in [0.25, 0.3) is 0 Å². The molecule has 0 aliphatic carbocycles. The van der Waals surface area contributed by atoms with E-state index in [0.717, 1.165) is 29.7 Å². The highest BCUT2D eigenvalue weighted by atomic mass is 35.5. The van der Waals surface area contributed by atoms with E-state index in [1.807, 2.05) is 29.6 Å². The number of nitrogens with zero attached hydrogens (tertiary/aromatic N) is 4. The third-order valence-electron chi connectivity index (χ3n) is 5.57. The molecule has 2 aromatic heterocycles. The Bertz CT molecular complexity index is 1110. The van der Waals surface area contributed by atoms with E-state index in [4.69, 9.17) is 16.1 Å². The van der Waals surface area contributed by atoms with E-state index in [0.29, 0.717) is 29.8 Å². The largest absolute Gasteiger partial charge is 0.337 e. The van der Waals surface area contributed by atoms with E-state index in [1.54, 1.807) is 28.0 Å². The van der Waals surface area contributed by atoms with Crippen molar-refractivity contribution >= 4 is 34.8 Å². The number of halogens is 1. The van der Waals surface area contributed by atoms with E-state index in [-0.39, 0.29) is 30.8 Å². The molecule has 4 rings (SSSR count). The second-order valence-corrected chi connectivity index (χ2v) is 9.35. The Kier molecular flexibility index (Phi) is 7.57. The van der Waals surface area contributed by atoms with Gasteiger partial charge in [0, 0.05) is 28.6 Å². The first-order valence-corrected chi connectivity index (χ1v) is 12.1. The molecule has 3 aromatic rings. The SMILES string of the molecule is C=CCN(CC(=O)N1CCCCC1c1nc(-c2cccc(Cl)c2)no1)C(=O)Cc1cccs1. The Morgan fingerprint density at radius 1 is 1.30 bits per heavy atom. The van der Waals surface area contributed by atoms with Crippen molar-refractivity contribution in [3.63, 3.8) is 0 Å². The molecule has 0 bridgehead atoms. The van der Waals surface area contributed by atoms with Crippen LogP contribution < -0.4 is 0 Å². The number of likely N-dealkylation sites (tertiary alicyclic amines) is 1. The normalized spacial score (nSPS) is 15.9. The molecule has 2 amide bonds. The van der Waals surface area contributed by atoms with Crippen molar-refractivity contribution in [3.8, 4) is 11.4 Å². The molecule has 0 N–H and O–H groups in total. The molecule has 0 saturated carbocycles. The molecule has 172 valence electrons. The number of carbonyl (C=O) groups is 2. The van der Waals surface area contributed by atoms with Crippen molar-refractivity contribution in [2.45, 2.75) is 31.7 Å². The van der Waals surface area contributed by atoms with Gasteiger partial charge in [0.05, 0.1) is 6.42 Å². The van der Waals surface area contributed by atoms with Gasteiger partial charge in [-0.25, -0.2) is 0 Å². The molecule has 7 nitrogen and oxygen atoms in total. The average Bonchev–Trinajstić information content (AvgIpc) is 3.51. The van der Waals surface area contributed by atoms with Gasteiger partial charge in [0.1, 0.15) is 12.6 Å². The summed E-state index contributed by atoms with van der Waals surface area (Å²) in [6, 6.07) is 10.8. The van der Waals surface area contributed by atoms with E-state index < -0.39 is 0 Å². The molecule has 1 fully saturated rings. The van der Waals surface area contributed by atoms with Crippen LogP contribution in [0.5, 0.6) is 0 Å². The second kappa shape index (κ2) is 10.8. The number of rotatable bonds is 8. The summed E-state index contributed by atoms with van der Waals surface area (Å²) in [4.78, 5) is 34.9. The van der Waals surface area contributed by atoms with Crippen molar-refractivity contribution in [1.29, 1.82) is 0 Å². The van der Waals surface area contributed by atoms with Gasteiger partial charge in [-0.1, -0.05) is 41.0 Å². The smallest absolute Gasteiger partial charge is 0.249 e. The zero-order valence-corrected chi connectivity index (χ0v) is 19.7. The fourth-order valence-electron chi connectivity index (χ4n) is 3.94. The van der Waals surface area contributed by atoms with Crippen molar-refractivity contribution in [3.05, 3.63) is 70.2 Å². The molecule has 1 aromatic carbocycles. The molecular weight excluding hydrogens is 460 g/mol. The van der Waals surface area contributed by atoms with Gasteiger partial charge in [-0.3, -0.25) is 9.59 Å². The standard InChI is InChI=1S/C24H25ClN4O3S/c1-2-11-28(21(30)15-19-9-6-13-33-19)16-22(31)29-12-4-3-10-20(29)24-26-23(27-32-24)17-7-5-8-18(25)14-17/h2,5-9,13-14,20H,1,3-4,10-12,15-16H2. The van der Waals surface area contributed by atoms with E-state index in [2.05, 4.69) is 16.7 Å². The van der Waals surface area contributed by atoms with Gasteiger partial charge in [-0.05, 0) is 42.8 Å². The summed E-state index contributed by atoms with van der Waals surface area (Å²) in [5.74, 6) is 0.604. The van der Waals surface area contributed by atoms with Gasteiger partial charge in [0.15, 0.2) is 0 Å². The minimum absolute atomic E-state index is 0.0119. The maximum Gasteiger partial charge on any atom is 0.249 e. The molecule has 1 aliphatic heterocycles. The molecular formula is C24H25ClN4O3S. The minimum atomic E-state index is -0.315. The number of amides is 2. The monoisotopic (exact) mass is 484 g/mol. The highest BCUT2D eigenvalue weighted by Crippen LogP contribution is 2.31. The number of piperidine rings is 1. The Morgan fingerprint density at radius 3 is 2.94 bits per heavy atom. The molecule has 33 heavy (non-hydrogen) atoms. The predicted molar refractivity (Wildman–Crippen MR) is 128 cm³/mol. The molecule has 1 aliphatic rings. The summed E-state index contributed by atoms with van der Waals surface area (Å²) in [7, 11) is 0. The van der Waals surface area contributed by atoms with Gasteiger partial charge in [-0.2, -0.15) is 4.98 Å². The third-order valence-corrected chi connectivity index (χ3v) is 6.68. The Balaban J connectivity index is 1.48. The lowest BCUT2D eigenvalue weighted by atomic mass is 10.0. The number of benzene rings is 1. The quantitative estimate of drug-likeness (QED) is 0.430. The van der Waals surface area contributed by atoms with Crippen LogP contribution in [0.25, 0.3) is 11.4 Å². The van der Waals surface area contributed by atoms with Crippen LogP contribution in [0.3, 0.4) is 0 Å². The Morgan fingerprint density at radius 2 is 2.18 bits per heavy atom. The highest BCUT2D eigenvalue weighted by Gasteiger charge is 2.33. The van der Waals surface area contributed by atoms with Crippen molar-refractivity contribution in [1.82, 2.24) is 19.9 Å². The van der Waals surface area contributed by atoms with Crippen molar-refractivity contribution in [2.75, 3.05) is 19.6 Å². The number of aromatic nitrogens is 2. The first kappa shape index (κ1) is 23.2. The Labute approximate surface area is 201 Å². The second-order valence-electron chi connectivity index (χ2n) is 7.88. The van der Waals surface area contributed by atoms with Crippen LogP contribution in [-0.4, -0.2) is 51.4 Å². The van der Waals surface area contributed by atoms with E-state index in [9.17, 15) is 9.59 Å². The number of carbonyl (C=O) groups excluding carboxylic acids is 2. The Hall–Kier alpha value is -2.97. The van der Waals surface area contributed by atoms with Crippen LogP contribution in [0.4, 0.5) is 0 Å². The summed E-state index contributed by atoms with van der Waals surface area (Å²) in [5, 5.41) is 6.62. The fourth-order valence-corrected chi connectivity index (χ4v) is 4.83. The number of thiophene rings is 1. The first-order chi connectivity index (χ1) is 16.0. The highest BCUT2D eigenvalue weighted by molar-refractivity contribution is 7.10. The van der Waals surface area contributed by atoms with Crippen molar-refractivity contribution < 1.29 is 14.1 Å². The molecule has 0 radical (unpaired) electrons. The van der Waals surface area contributed by atoms with E-state index in [1.165, 1.54) is 11.3 Å². The zero-order chi connectivity index (χ0) is 23.2. The number of hydrogen-bond donors (Lipinski definition) is 0. The summed E-state index contributed by atoms with van der Waals surface area (Å²) in [5.41, 5.74) is 0.752. The first-order valence-electron chi connectivity index (χ1n) is 10.8. The third kappa shape index (κ3) is 5.69. The van der Waals surface area contributed by atoms with Gasteiger partial charge < -0.3 is 14.3 Å².